The topological polar surface area (TPSA) is 84.5 Å². The molecule has 0 bridgehead atoms. The van der Waals surface area contributed by atoms with Gasteiger partial charge in [-0.05, 0) is 55.9 Å². The van der Waals surface area contributed by atoms with Crippen LogP contribution in [0.2, 0.25) is 0 Å². The van der Waals surface area contributed by atoms with Crippen LogP contribution in [-0.2, 0) is 14.8 Å². The molecule has 1 saturated carbocycles. The lowest BCUT2D eigenvalue weighted by Crippen LogP contribution is -2.41. The first kappa shape index (κ1) is 21.3. The van der Waals surface area contributed by atoms with Gasteiger partial charge in [-0.25, -0.2) is 17.5 Å². The zero-order chi connectivity index (χ0) is 20.9. The Bertz CT molecular complexity index is 957. The van der Waals surface area contributed by atoms with E-state index in [1.165, 1.54) is 18.2 Å². The van der Waals surface area contributed by atoms with Crippen LogP contribution in [0.5, 0.6) is 11.5 Å². The van der Waals surface area contributed by atoms with E-state index in [1.807, 2.05) is 0 Å². The monoisotopic (exact) mass is 420 g/mol. The summed E-state index contributed by atoms with van der Waals surface area (Å²) in [5.41, 5.74) is 0.309. The first-order valence-corrected chi connectivity index (χ1v) is 11.3. The van der Waals surface area contributed by atoms with E-state index in [-0.39, 0.29) is 17.5 Å². The van der Waals surface area contributed by atoms with Crippen LogP contribution in [0.4, 0.5) is 10.1 Å². The maximum atomic E-state index is 13.4. The van der Waals surface area contributed by atoms with E-state index >= 15 is 0 Å². The molecule has 156 valence electrons. The van der Waals surface area contributed by atoms with Crippen molar-refractivity contribution in [2.75, 3.05) is 11.1 Å². The Morgan fingerprint density at radius 3 is 2.55 bits per heavy atom. The van der Waals surface area contributed by atoms with Crippen LogP contribution < -0.4 is 14.8 Å². The fourth-order valence-corrected chi connectivity index (χ4v) is 4.59. The molecular weight excluding hydrogens is 395 g/mol. The van der Waals surface area contributed by atoms with Crippen LogP contribution in [0.15, 0.2) is 48.5 Å². The number of hydrogen-bond donors (Lipinski definition) is 2. The Morgan fingerprint density at radius 2 is 1.83 bits per heavy atom. The zero-order valence-electron chi connectivity index (χ0n) is 16.2. The van der Waals surface area contributed by atoms with Crippen molar-refractivity contribution in [1.82, 2.24) is 4.72 Å². The highest BCUT2D eigenvalue weighted by atomic mass is 32.2. The van der Waals surface area contributed by atoms with Gasteiger partial charge in [0.15, 0.2) is 5.75 Å². The molecule has 0 unspecified atom stereocenters. The number of para-hydroxylation sites is 2. The lowest BCUT2D eigenvalue weighted by atomic mass is 9.88. The average Bonchev–Trinajstić information content (AvgIpc) is 2.64. The summed E-state index contributed by atoms with van der Waals surface area (Å²) in [6.45, 7) is 2.15. The third-order valence-corrected chi connectivity index (χ3v) is 6.20. The number of amides is 1. The van der Waals surface area contributed by atoms with Gasteiger partial charge in [-0.15, -0.1) is 0 Å². The number of benzene rings is 2. The largest absolute Gasteiger partial charge is 0.455 e. The second-order valence-corrected chi connectivity index (χ2v) is 9.19. The number of nitrogens with one attached hydrogen (secondary N) is 2. The SMILES string of the molecule is CC1CCC(NS(=O)(=O)CC(=O)Nc2ccccc2Oc2cccc(F)c2)CC1. The lowest BCUT2D eigenvalue weighted by molar-refractivity contribution is -0.113. The van der Waals surface area contributed by atoms with E-state index in [0.29, 0.717) is 11.6 Å². The molecule has 2 N–H and O–H groups in total. The van der Waals surface area contributed by atoms with Crippen molar-refractivity contribution in [3.8, 4) is 11.5 Å². The molecule has 6 nitrogen and oxygen atoms in total. The predicted molar refractivity (Wildman–Crippen MR) is 110 cm³/mol. The number of carbonyl (C=O) groups excluding carboxylic acids is 1. The van der Waals surface area contributed by atoms with Gasteiger partial charge >= 0.3 is 0 Å². The third kappa shape index (κ3) is 6.54. The molecule has 0 atom stereocenters. The van der Waals surface area contributed by atoms with Crippen LogP contribution in [0.1, 0.15) is 32.6 Å². The molecular formula is C21H25FN2O4S. The first-order valence-electron chi connectivity index (χ1n) is 9.63. The standard InChI is InChI=1S/C21H25FN2O4S/c1-15-9-11-17(12-10-15)24-29(26,27)14-21(25)23-19-7-2-3-8-20(19)28-18-6-4-5-16(22)13-18/h2-8,13,15,17,24H,9-12,14H2,1H3,(H,23,25). The molecule has 8 heteroatoms. The van der Waals surface area contributed by atoms with E-state index in [9.17, 15) is 17.6 Å². The molecule has 0 aromatic heterocycles. The highest BCUT2D eigenvalue weighted by molar-refractivity contribution is 7.90. The normalized spacial score (nSPS) is 19.5. The molecule has 0 heterocycles. The minimum Gasteiger partial charge on any atom is -0.455 e. The van der Waals surface area contributed by atoms with Crippen LogP contribution in [0.3, 0.4) is 0 Å². The van der Waals surface area contributed by atoms with Gasteiger partial charge in [-0.2, -0.15) is 0 Å². The highest BCUT2D eigenvalue weighted by Crippen LogP contribution is 2.29. The molecule has 1 amide bonds. The lowest BCUT2D eigenvalue weighted by Gasteiger charge is -2.26. The Hall–Kier alpha value is -2.45. The van der Waals surface area contributed by atoms with E-state index in [1.54, 1.807) is 30.3 Å². The summed E-state index contributed by atoms with van der Waals surface area (Å²) >= 11 is 0. The summed E-state index contributed by atoms with van der Waals surface area (Å²) in [4.78, 5) is 12.3. The van der Waals surface area contributed by atoms with Crippen LogP contribution >= 0.6 is 0 Å². The van der Waals surface area contributed by atoms with E-state index in [0.717, 1.165) is 25.7 Å². The summed E-state index contributed by atoms with van der Waals surface area (Å²) in [6, 6.07) is 12.1. The molecule has 1 fully saturated rings. The summed E-state index contributed by atoms with van der Waals surface area (Å²) in [7, 11) is -3.75. The maximum absolute atomic E-state index is 13.4. The molecule has 0 spiro atoms. The van der Waals surface area contributed by atoms with Crippen molar-refractivity contribution >= 4 is 21.6 Å². The van der Waals surface area contributed by atoms with Crippen LogP contribution in [-0.4, -0.2) is 26.1 Å². The summed E-state index contributed by atoms with van der Waals surface area (Å²) in [5, 5.41) is 2.57. The molecule has 3 rings (SSSR count). The van der Waals surface area contributed by atoms with Gasteiger partial charge in [0.05, 0.1) is 5.69 Å². The molecule has 0 saturated heterocycles. The van der Waals surface area contributed by atoms with Gasteiger partial charge in [-0.1, -0.05) is 25.1 Å². The van der Waals surface area contributed by atoms with Crippen molar-refractivity contribution in [1.29, 1.82) is 0 Å². The minimum absolute atomic E-state index is 0.118. The van der Waals surface area contributed by atoms with Crippen molar-refractivity contribution in [3.63, 3.8) is 0 Å². The van der Waals surface area contributed by atoms with Crippen molar-refractivity contribution in [2.24, 2.45) is 5.92 Å². The fraction of sp³-hybridized carbons (Fsp3) is 0.381. The Morgan fingerprint density at radius 1 is 1.10 bits per heavy atom. The fourth-order valence-electron chi connectivity index (χ4n) is 3.35. The molecule has 2 aromatic carbocycles. The number of rotatable bonds is 7. The maximum Gasteiger partial charge on any atom is 0.241 e. The highest BCUT2D eigenvalue weighted by Gasteiger charge is 2.25. The quantitative estimate of drug-likeness (QED) is 0.708. The van der Waals surface area contributed by atoms with Gasteiger partial charge in [0.2, 0.25) is 15.9 Å². The van der Waals surface area contributed by atoms with Gasteiger partial charge in [0.1, 0.15) is 17.3 Å². The van der Waals surface area contributed by atoms with Crippen molar-refractivity contribution in [3.05, 3.63) is 54.3 Å². The van der Waals surface area contributed by atoms with Crippen molar-refractivity contribution in [2.45, 2.75) is 38.6 Å². The number of hydrogen-bond acceptors (Lipinski definition) is 4. The predicted octanol–water partition coefficient (Wildman–Crippen LogP) is 4.05. The van der Waals surface area contributed by atoms with E-state index in [4.69, 9.17) is 4.74 Å². The second-order valence-electron chi connectivity index (χ2n) is 7.44. The summed E-state index contributed by atoms with van der Waals surface area (Å²) in [6.07, 6.45) is 3.52. The first-order chi connectivity index (χ1) is 13.8. The number of sulfonamides is 1. The van der Waals surface area contributed by atoms with Gasteiger partial charge in [0.25, 0.3) is 0 Å². The summed E-state index contributed by atoms with van der Waals surface area (Å²) in [5.74, 6) is -0.623. The minimum atomic E-state index is -3.75. The Balaban J connectivity index is 1.61. The van der Waals surface area contributed by atoms with Crippen LogP contribution in [0, 0.1) is 11.7 Å². The van der Waals surface area contributed by atoms with E-state index < -0.39 is 27.5 Å². The third-order valence-electron chi connectivity index (χ3n) is 4.87. The number of ether oxygens (including phenoxy) is 1. The second kappa shape index (κ2) is 9.37. The molecule has 29 heavy (non-hydrogen) atoms. The number of halogens is 1. The van der Waals surface area contributed by atoms with Gasteiger partial charge < -0.3 is 10.1 Å². The average molecular weight is 421 g/mol. The Kier molecular flexibility index (Phi) is 6.87. The number of anilines is 1. The van der Waals surface area contributed by atoms with E-state index in [2.05, 4.69) is 17.0 Å². The van der Waals surface area contributed by atoms with Crippen LogP contribution in [0.25, 0.3) is 0 Å². The van der Waals surface area contributed by atoms with Gasteiger partial charge in [-0.3, -0.25) is 4.79 Å². The molecule has 1 aliphatic carbocycles. The smallest absolute Gasteiger partial charge is 0.241 e. The molecule has 0 aliphatic heterocycles. The molecule has 0 radical (unpaired) electrons. The Labute approximate surface area is 170 Å². The molecule has 1 aliphatic rings. The van der Waals surface area contributed by atoms with Gasteiger partial charge in [0, 0.05) is 12.1 Å². The number of carbonyl (C=O) groups is 1. The molecule has 2 aromatic rings. The van der Waals surface area contributed by atoms with Crippen molar-refractivity contribution < 1.29 is 22.3 Å². The zero-order valence-corrected chi connectivity index (χ0v) is 17.0. The summed E-state index contributed by atoms with van der Waals surface area (Å²) < 4.78 is 46.3.